The molecule has 20 heavy (non-hydrogen) atoms. The molecular weight excluding hydrogens is 252 g/mol. The lowest BCUT2D eigenvalue weighted by molar-refractivity contribution is -0.148. The number of rotatable bonds is 8. The van der Waals surface area contributed by atoms with Crippen molar-refractivity contribution in [1.82, 2.24) is 0 Å². The highest BCUT2D eigenvalue weighted by molar-refractivity contribution is 5.77. The molecule has 0 bridgehead atoms. The Balaban J connectivity index is 2.49. The predicted molar refractivity (Wildman–Crippen MR) is 81.5 cm³/mol. The topological polar surface area (TPSA) is 35.5 Å². The van der Waals surface area contributed by atoms with E-state index in [9.17, 15) is 4.79 Å². The smallest absolute Gasteiger partial charge is 0.311 e. The van der Waals surface area contributed by atoms with Gasteiger partial charge >= 0.3 is 5.97 Å². The monoisotopic (exact) mass is 282 g/mol. The first kappa shape index (κ1) is 17.2. The summed E-state index contributed by atoms with van der Waals surface area (Å²) in [5.41, 5.74) is 0.905. The zero-order chi connectivity index (χ0) is 15.3. The fraction of sp³-hybridized carbons (Fsp3) is 0.824. The zero-order valence-electron chi connectivity index (χ0n) is 13.9. The Morgan fingerprint density at radius 1 is 1.40 bits per heavy atom. The molecular formula is C17H30O3. The number of hydrogen-bond acceptors (Lipinski definition) is 3. The molecule has 4 unspecified atom stereocenters. The Hall–Kier alpha value is -0.830. The second-order valence-electron chi connectivity index (χ2n) is 6.29. The lowest BCUT2D eigenvalue weighted by atomic mass is 10.0. The zero-order valence-corrected chi connectivity index (χ0v) is 13.9. The largest absolute Gasteiger partial charge is 0.465 e. The molecule has 0 amide bonds. The standard InChI is InChI=1S/C17H30O3/c1-7-9-19-16(18)15-11-17(15,6)20-14(5)13(4)10-12(3)8-2/h10,12,14-15H,7-9,11H2,1-6H3/b13-10+. The minimum absolute atomic E-state index is 0.0537. The van der Waals surface area contributed by atoms with Crippen molar-refractivity contribution in [1.29, 1.82) is 0 Å². The molecule has 4 atom stereocenters. The number of carbonyl (C=O) groups is 1. The van der Waals surface area contributed by atoms with Gasteiger partial charge in [-0.15, -0.1) is 0 Å². The van der Waals surface area contributed by atoms with Crippen LogP contribution >= 0.6 is 0 Å². The third-order valence-corrected chi connectivity index (χ3v) is 4.20. The lowest BCUT2D eigenvalue weighted by Crippen LogP contribution is -2.25. The van der Waals surface area contributed by atoms with Crippen LogP contribution < -0.4 is 0 Å². The maximum atomic E-state index is 11.8. The van der Waals surface area contributed by atoms with E-state index in [-0.39, 0.29) is 23.6 Å². The van der Waals surface area contributed by atoms with Crippen LogP contribution in [0.3, 0.4) is 0 Å². The Kier molecular flexibility index (Phi) is 6.25. The van der Waals surface area contributed by atoms with Crippen molar-refractivity contribution >= 4 is 5.97 Å². The molecule has 3 heteroatoms. The van der Waals surface area contributed by atoms with Crippen LogP contribution in [0.1, 0.15) is 60.8 Å². The highest BCUT2D eigenvalue weighted by atomic mass is 16.5. The molecule has 1 saturated carbocycles. The first-order valence-electron chi connectivity index (χ1n) is 7.86. The van der Waals surface area contributed by atoms with Crippen molar-refractivity contribution in [2.24, 2.45) is 11.8 Å². The van der Waals surface area contributed by atoms with E-state index in [1.165, 1.54) is 5.57 Å². The summed E-state index contributed by atoms with van der Waals surface area (Å²) in [6, 6.07) is 0. The summed E-state index contributed by atoms with van der Waals surface area (Å²) in [5.74, 6) is 0.372. The van der Waals surface area contributed by atoms with Gasteiger partial charge in [-0.1, -0.05) is 33.3 Å². The van der Waals surface area contributed by atoms with Crippen molar-refractivity contribution < 1.29 is 14.3 Å². The first-order chi connectivity index (χ1) is 9.34. The van der Waals surface area contributed by atoms with Gasteiger partial charge in [0, 0.05) is 0 Å². The number of allylic oxidation sites excluding steroid dienone is 1. The van der Waals surface area contributed by atoms with Crippen LogP contribution in [-0.4, -0.2) is 24.3 Å². The molecule has 0 aromatic heterocycles. The van der Waals surface area contributed by atoms with E-state index in [4.69, 9.17) is 9.47 Å². The normalized spacial score (nSPS) is 28.9. The van der Waals surface area contributed by atoms with Crippen molar-refractivity contribution in [3.05, 3.63) is 11.6 Å². The molecule has 0 spiro atoms. The highest BCUT2D eigenvalue weighted by Gasteiger charge is 2.57. The molecule has 0 N–H and O–H groups in total. The first-order valence-corrected chi connectivity index (χ1v) is 7.86. The molecule has 1 fully saturated rings. The molecule has 0 aromatic rings. The fourth-order valence-electron chi connectivity index (χ4n) is 2.31. The Morgan fingerprint density at radius 2 is 2.05 bits per heavy atom. The van der Waals surface area contributed by atoms with Crippen molar-refractivity contribution in [2.45, 2.75) is 72.5 Å². The lowest BCUT2D eigenvalue weighted by Gasteiger charge is -2.21. The van der Waals surface area contributed by atoms with Gasteiger partial charge in [-0.05, 0) is 45.1 Å². The van der Waals surface area contributed by atoms with E-state index >= 15 is 0 Å². The molecule has 0 aliphatic heterocycles. The molecule has 0 radical (unpaired) electrons. The minimum atomic E-state index is -0.338. The van der Waals surface area contributed by atoms with E-state index in [0.717, 1.165) is 19.3 Å². The van der Waals surface area contributed by atoms with Gasteiger partial charge in [0.05, 0.1) is 24.2 Å². The third-order valence-electron chi connectivity index (χ3n) is 4.20. The summed E-state index contributed by atoms with van der Waals surface area (Å²) in [7, 11) is 0. The van der Waals surface area contributed by atoms with Crippen LogP contribution in [0, 0.1) is 11.8 Å². The molecule has 0 heterocycles. The molecule has 0 saturated heterocycles. The average Bonchev–Trinajstić information content (AvgIpc) is 3.07. The van der Waals surface area contributed by atoms with Crippen LogP contribution in [0.25, 0.3) is 0 Å². The number of hydrogen-bond donors (Lipinski definition) is 0. The average molecular weight is 282 g/mol. The molecule has 1 aliphatic rings. The van der Waals surface area contributed by atoms with Gasteiger partial charge in [0.1, 0.15) is 0 Å². The second-order valence-corrected chi connectivity index (χ2v) is 6.29. The van der Waals surface area contributed by atoms with Gasteiger partial charge in [0.25, 0.3) is 0 Å². The quantitative estimate of drug-likeness (QED) is 0.496. The number of carbonyl (C=O) groups excluding carboxylic acids is 1. The molecule has 0 aromatic carbocycles. The number of ether oxygens (including phenoxy) is 2. The second kappa shape index (κ2) is 7.26. The van der Waals surface area contributed by atoms with Gasteiger partial charge in [0.15, 0.2) is 0 Å². The highest BCUT2D eigenvalue weighted by Crippen LogP contribution is 2.48. The van der Waals surface area contributed by atoms with Crippen LogP contribution in [0.2, 0.25) is 0 Å². The van der Waals surface area contributed by atoms with E-state index in [0.29, 0.717) is 12.5 Å². The minimum Gasteiger partial charge on any atom is -0.465 e. The Labute approximate surface area is 123 Å². The third kappa shape index (κ3) is 4.62. The predicted octanol–water partition coefficient (Wildman–Crippen LogP) is 4.12. The van der Waals surface area contributed by atoms with Gasteiger partial charge in [-0.3, -0.25) is 4.79 Å². The van der Waals surface area contributed by atoms with Crippen molar-refractivity contribution in [2.75, 3.05) is 6.61 Å². The van der Waals surface area contributed by atoms with E-state index in [2.05, 4.69) is 33.8 Å². The summed E-state index contributed by atoms with van der Waals surface area (Å²) in [6.45, 7) is 13.1. The Morgan fingerprint density at radius 3 is 2.60 bits per heavy atom. The van der Waals surface area contributed by atoms with Crippen LogP contribution in [0.5, 0.6) is 0 Å². The maximum Gasteiger partial charge on any atom is 0.311 e. The fourth-order valence-corrected chi connectivity index (χ4v) is 2.31. The van der Waals surface area contributed by atoms with E-state index in [1.54, 1.807) is 0 Å². The van der Waals surface area contributed by atoms with Crippen molar-refractivity contribution in [3.63, 3.8) is 0 Å². The molecule has 1 rings (SSSR count). The molecule has 1 aliphatic carbocycles. The summed E-state index contributed by atoms with van der Waals surface area (Å²) < 4.78 is 11.3. The van der Waals surface area contributed by atoms with Crippen LogP contribution in [0.4, 0.5) is 0 Å². The molecule has 116 valence electrons. The summed E-state index contributed by atoms with van der Waals surface area (Å²) in [5, 5.41) is 0. The molecule has 3 nitrogen and oxygen atoms in total. The van der Waals surface area contributed by atoms with Crippen molar-refractivity contribution in [3.8, 4) is 0 Å². The summed E-state index contributed by atoms with van der Waals surface area (Å²) in [4.78, 5) is 11.8. The van der Waals surface area contributed by atoms with Crippen LogP contribution in [-0.2, 0) is 14.3 Å². The summed E-state index contributed by atoms with van der Waals surface area (Å²) >= 11 is 0. The summed E-state index contributed by atoms with van der Waals surface area (Å²) in [6.07, 6.45) is 5.09. The SMILES string of the molecule is CCCOC(=O)C1CC1(C)OC(C)/C(C)=C/C(C)CC. The Bertz CT molecular complexity index is 361. The van der Waals surface area contributed by atoms with Crippen LogP contribution in [0.15, 0.2) is 11.6 Å². The maximum absolute atomic E-state index is 11.8. The van der Waals surface area contributed by atoms with E-state index in [1.807, 2.05) is 13.8 Å². The van der Waals surface area contributed by atoms with Gasteiger partial charge in [-0.2, -0.15) is 0 Å². The van der Waals surface area contributed by atoms with Gasteiger partial charge in [0.2, 0.25) is 0 Å². The van der Waals surface area contributed by atoms with E-state index < -0.39 is 0 Å². The van der Waals surface area contributed by atoms with Gasteiger partial charge < -0.3 is 9.47 Å². The number of esters is 1. The van der Waals surface area contributed by atoms with Gasteiger partial charge in [-0.25, -0.2) is 0 Å².